The molecule has 7 nitrogen and oxygen atoms in total. The van der Waals surface area contributed by atoms with Gasteiger partial charge in [-0.15, -0.1) is 5.06 Å². The van der Waals surface area contributed by atoms with E-state index in [9.17, 15) is 18.0 Å². The van der Waals surface area contributed by atoms with Gasteiger partial charge in [-0.25, -0.2) is 0 Å². The molecule has 152 valence electrons. The summed E-state index contributed by atoms with van der Waals surface area (Å²) in [6.45, 7) is -0.138. The van der Waals surface area contributed by atoms with E-state index < -0.39 is 21.9 Å². The third-order valence-corrected chi connectivity index (χ3v) is 6.25. The van der Waals surface area contributed by atoms with Crippen LogP contribution in [-0.2, 0) is 21.6 Å². The van der Waals surface area contributed by atoms with E-state index in [4.69, 9.17) is 9.02 Å². The number of hydroxylamine groups is 2. The maximum atomic E-state index is 12.5. The van der Waals surface area contributed by atoms with Gasteiger partial charge in [0.1, 0.15) is 11.5 Å². The minimum Gasteiger partial charge on any atom is -0.378 e. The van der Waals surface area contributed by atoms with Crippen molar-refractivity contribution >= 4 is 37.9 Å². The molecule has 0 N–H and O–H groups in total. The van der Waals surface area contributed by atoms with Gasteiger partial charge in [0, 0.05) is 0 Å². The number of carbonyl (C=O) groups excluding carboxylic acids is 2. The first-order valence-electron chi connectivity index (χ1n) is 8.75. The predicted molar refractivity (Wildman–Crippen MR) is 110 cm³/mol. The third kappa shape index (κ3) is 3.87. The second-order valence-electron chi connectivity index (χ2n) is 6.34. The molecule has 1 heterocycles. The highest BCUT2D eigenvalue weighted by Gasteiger charge is 2.36. The van der Waals surface area contributed by atoms with E-state index in [0.29, 0.717) is 15.1 Å². The van der Waals surface area contributed by atoms with E-state index in [0.717, 1.165) is 0 Å². The largest absolute Gasteiger partial charge is 0.378 e. The lowest BCUT2D eigenvalue weighted by Gasteiger charge is -2.14. The molecule has 1 aliphatic heterocycles. The molecule has 3 aromatic carbocycles. The van der Waals surface area contributed by atoms with E-state index in [2.05, 4.69) is 15.9 Å². The molecule has 3 aromatic rings. The molecule has 0 aromatic heterocycles. The van der Waals surface area contributed by atoms with Gasteiger partial charge in [-0.2, -0.15) is 8.42 Å². The van der Waals surface area contributed by atoms with Crippen molar-refractivity contribution in [2.24, 2.45) is 0 Å². The van der Waals surface area contributed by atoms with Gasteiger partial charge in [-0.05, 0) is 57.9 Å². The second-order valence-corrected chi connectivity index (χ2v) is 8.74. The monoisotopic (exact) mass is 487 g/mol. The van der Waals surface area contributed by atoms with Gasteiger partial charge >= 0.3 is 10.1 Å². The fraction of sp³-hybridized carbons (Fsp3) is 0.0476. The lowest BCUT2D eigenvalue weighted by molar-refractivity contribution is -0.101. The zero-order chi connectivity index (χ0) is 21.3. The number of carbonyl (C=O) groups is 2. The summed E-state index contributed by atoms with van der Waals surface area (Å²) in [5.74, 6) is -1.03. The highest BCUT2D eigenvalue weighted by atomic mass is 79.9. The number of halogens is 1. The summed E-state index contributed by atoms with van der Waals surface area (Å²) in [6, 6.07) is 18.9. The maximum Gasteiger partial charge on any atom is 0.339 e. The molecule has 0 saturated heterocycles. The molecular formula is C21H14BrNO6S. The minimum atomic E-state index is -4.03. The maximum absolute atomic E-state index is 12.5. The highest BCUT2D eigenvalue weighted by molar-refractivity contribution is 9.10. The van der Waals surface area contributed by atoms with Crippen LogP contribution in [-0.4, -0.2) is 25.3 Å². The molecule has 0 bridgehead atoms. The van der Waals surface area contributed by atoms with Crippen molar-refractivity contribution in [1.29, 1.82) is 0 Å². The Bertz CT molecular complexity index is 1210. The smallest absolute Gasteiger partial charge is 0.339 e. The topological polar surface area (TPSA) is 90.0 Å². The standard InChI is InChI=1S/C21H14BrNO6S/c22-18-11-10-14(12-19(18)29-30(26,27)15-6-2-1-3-7-15)13-28-23-20(24)16-8-4-5-9-17(16)21(23)25/h1-12H,13H2. The van der Waals surface area contributed by atoms with Crippen molar-refractivity contribution in [2.75, 3.05) is 0 Å². The molecule has 0 aliphatic carbocycles. The van der Waals surface area contributed by atoms with Crippen LogP contribution >= 0.6 is 15.9 Å². The Balaban J connectivity index is 1.51. The molecule has 30 heavy (non-hydrogen) atoms. The molecule has 0 radical (unpaired) electrons. The Kier molecular flexibility index (Phi) is 5.42. The Hall–Kier alpha value is -3.01. The van der Waals surface area contributed by atoms with Crippen LogP contribution in [0.5, 0.6) is 5.75 Å². The molecule has 0 spiro atoms. The molecule has 0 unspecified atom stereocenters. The summed E-state index contributed by atoms with van der Waals surface area (Å²) >= 11 is 3.26. The quantitative estimate of drug-likeness (QED) is 0.386. The molecule has 9 heteroatoms. The first-order valence-corrected chi connectivity index (χ1v) is 11.0. The van der Waals surface area contributed by atoms with E-state index in [1.54, 1.807) is 54.6 Å². The lowest BCUT2D eigenvalue weighted by Crippen LogP contribution is -2.29. The molecular weight excluding hydrogens is 474 g/mol. The fourth-order valence-electron chi connectivity index (χ4n) is 2.88. The number of fused-ring (bicyclic) bond motifs is 1. The number of nitrogens with zero attached hydrogens (tertiary/aromatic N) is 1. The van der Waals surface area contributed by atoms with Crippen molar-refractivity contribution < 1.29 is 27.0 Å². The van der Waals surface area contributed by atoms with Crippen LogP contribution in [0.2, 0.25) is 0 Å². The van der Waals surface area contributed by atoms with E-state index in [-0.39, 0.29) is 28.4 Å². The molecule has 0 atom stereocenters. The zero-order valence-electron chi connectivity index (χ0n) is 15.3. The number of rotatable bonds is 6. The Morgan fingerprint density at radius 1 is 0.833 bits per heavy atom. The Morgan fingerprint density at radius 3 is 2.07 bits per heavy atom. The van der Waals surface area contributed by atoms with E-state index in [1.807, 2.05) is 0 Å². The summed E-state index contributed by atoms with van der Waals surface area (Å²) in [5.41, 5.74) is 1.06. The van der Waals surface area contributed by atoms with Gasteiger partial charge < -0.3 is 4.18 Å². The van der Waals surface area contributed by atoms with Crippen LogP contribution in [0.15, 0.2) is 82.2 Å². The van der Waals surface area contributed by atoms with Crippen LogP contribution in [0, 0.1) is 0 Å². The second kappa shape index (κ2) is 8.02. The summed E-state index contributed by atoms with van der Waals surface area (Å²) in [4.78, 5) is 30.2. The van der Waals surface area contributed by atoms with Crippen molar-refractivity contribution in [1.82, 2.24) is 5.06 Å². The van der Waals surface area contributed by atoms with Crippen LogP contribution in [0.3, 0.4) is 0 Å². The molecule has 4 rings (SSSR count). The van der Waals surface area contributed by atoms with Crippen molar-refractivity contribution in [3.05, 3.63) is 94.0 Å². The fourth-order valence-corrected chi connectivity index (χ4v) is 4.27. The number of amides is 2. The first-order chi connectivity index (χ1) is 14.4. The summed E-state index contributed by atoms with van der Waals surface area (Å²) < 4.78 is 30.6. The van der Waals surface area contributed by atoms with Crippen molar-refractivity contribution in [3.63, 3.8) is 0 Å². The Labute approximate surface area is 181 Å². The van der Waals surface area contributed by atoms with Crippen molar-refractivity contribution in [2.45, 2.75) is 11.5 Å². The van der Waals surface area contributed by atoms with Crippen LogP contribution < -0.4 is 4.18 Å². The zero-order valence-corrected chi connectivity index (χ0v) is 17.7. The van der Waals surface area contributed by atoms with Gasteiger partial charge in [-0.3, -0.25) is 14.4 Å². The lowest BCUT2D eigenvalue weighted by atomic mass is 10.1. The number of hydrogen-bond acceptors (Lipinski definition) is 6. The summed E-state index contributed by atoms with van der Waals surface area (Å²) in [7, 11) is -4.03. The van der Waals surface area contributed by atoms with Crippen LogP contribution in [0.25, 0.3) is 0 Å². The summed E-state index contributed by atoms with van der Waals surface area (Å²) in [6.07, 6.45) is 0. The molecule has 0 fully saturated rings. The van der Waals surface area contributed by atoms with Gasteiger partial charge in [0.15, 0.2) is 5.75 Å². The molecule has 2 amide bonds. The van der Waals surface area contributed by atoms with E-state index in [1.165, 1.54) is 18.2 Å². The molecule has 1 aliphatic rings. The van der Waals surface area contributed by atoms with Crippen LogP contribution in [0.1, 0.15) is 26.3 Å². The third-order valence-electron chi connectivity index (χ3n) is 4.34. The minimum absolute atomic E-state index is 0.0181. The highest BCUT2D eigenvalue weighted by Crippen LogP contribution is 2.30. The average molecular weight is 488 g/mol. The van der Waals surface area contributed by atoms with Gasteiger partial charge in [0.2, 0.25) is 0 Å². The van der Waals surface area contributed by atoms with Crippen LogP contribution in [0.4, 0.5) is 0 Å². The van der Waals surface area contributed by atoms with Crippen molar-refractivity contribution in [3.8, 4) is 5.75 Å². The van der Waals surface area contributed by atoms with Gasteiger partial charge in [0.25, 0.3) is 11.8 Å². The SMILES string of the molecule is O=C1c2ccccc2C(=O)N1OCc1ccc(Br)c(OS(=O)(=O)c2ccccc2)c1. The van der Waals surface area contributed by atoms with Gasteiger partial charge in [0.05, 0.1) is 15.6 Å². The molecule has 0 saturated carbocycles. The first kappa shape index (κ1) is 20.3. The predicted octanol–water partition coefficient (Wildman–Crippen LogP) is 3.94. The normalized spacial score (nSPS) is 13.4. The summed E-state index contributed by atoms with van der Waals surface area (Å²) in [5, 5.41) is 0.702. The number of benzene rings is 3. The number of imide groups is 1. The Morgan fingerprint density at radius 2 is 1.43 bits per heavy atom. The average Bonchev–Trinajstić information content (AvgIpc) is 2.99. The van der Waals surface area contributed by atoms with E-state index >= 15 is 0 Å². The number of hydrogen-bond donors (Lipinski definition) is 0. The van der Waals surface area contributed by atoms with Gasteiger partial charge in [-0.1, -0.05) is 36.4 Å².